The van der Waals surface area contributed by atoms with Gasteiger partial charge in [-0.25, -0.2) is 9.50 Å². The van der Waals surface area contributed by atoms with Crippen molar-refractivity contribution in [2.24, 2.45) is 0 Å². The van der Waals surface area contributed by atoms with Crippen molar-refractivity contribution in [1.82, 2.24) is 19.5 Å². The lowest BCUT2D eigenvalue weighted by Crippen LogP contribution is -2.40. The molecule has 7 nitrogen and oxygen atoms in total. The largest absolute Gasteiger partial charge is 0.456 e. The van der Waals surface area contributed by atoms with Gasteiger partial charge in [-0.2, -0.15) is 18.3 Å². The van der Waals surface area contributed by atoms with Crippen LogP contribution in [0.15, 0.2) is 36.4 Å². The Bertz CT molecular complexity index is 1140. The highest BCUT2D eigenvalue weighted by Crippen LogP contribution is 2.19. The monoisotopic (exact) mass is 462 g/mol. The van der Waals surface area contributed by atoms with Crippen molar-refractivity contribution in [1.29, 1.82) is 0 Å². The van der Waals surface area contributed by atoms with Gasteiger partial charge in [0.25, 0.3) is 5.91 Å². The summed E-state index contributed by atoms with van der Waals surface area (Å²) in [4.78, 5) is 29.7. The molecule has 0 fully saturated rings. The SMILES string of the molecule is Cc1cc2nc(C)c(CCC(=O)OCC(=O)N(Cc3ccccc3)CC(F)(F)F)c(C)n2n1. The third-order valence-electron chi connectivity index (χ3n) is 5.16. The van der Waals surface area contributed by atoms with E-state index in [1.165, 1.54) is 0 Å². The zero-order valence-corrected chi connectivity index (χ0v) is 18.6. The lowest BCUT2D eigenvalue weighted by molar-refractivity contribution is -0.167. The van der Waals surface area contributed by atoms with E-state index in [0.29, 0.717) is 22.5 Å². The lowest BCUT2D eigenvalue weighted by atomic mass is 10.1. The number of alkyl halides is 3. The van der Waals surface area contributed by atoms with Crippen molar-refractivity contribution >= 4 is 17.5 Å². The van der Waals surface area contributed by atoms with Gasteiger partial charge in [0.1, 0.15) is 6.54 Å². The Kier molecular flexibility index (Phi) is 7.35. The van der Waals surface area contributed by atoms with Gasteiger partial charge in [0.05, 0.1) is 5.69 Å². The average Bonchev–Trinajstić information content (AvgIpc) is 3.11. The number of halogens is 3. The van der Waals surface area contributed by atoms with Crippen LogP contribution in [0.3, 0.4) is 0 Å². The van der Waals surface area contributed by atoms with E-state index in [1.807, 2.05) is 26.8 Å². The number of nitrogens with zero attached hydrogens (tertiary/aromatic N) is 4. The molecule has 0 bridgehead atoms. The smallest absolute Gasteiger partial charge is 0.406 e. The maximum atomic E-state index is 12.9. The van der Waals surface area contributed by atoms with Crippen molar-refractivity contribution in [3.63, 3.8) is 0 Å². The fourth-order valence-electron chi connectivity index (χ4n) is 3.59. The standard InChI is InChI=1S/C23H25F3N4O3/c1-15-11-20-27-16(2)19(17(3)30(20)28-15)9-10-22(32)33-13-21(31)29(14-23(24,25)26)12-18-7-5-4-6-8-18/h4-8,11H,9-10,12-14H2,1-3H3. The van der Waals surface area contributed by atoms with E-state index in [2.05, 4.69) is 10.1 Å². The third kappa shape index (κ3) is 6.53. The molecule has 0 aliphatic heterocycles. The Morgan fingerprint density at radius 2 is 1.82 bits per heavy atom. The van der Waals surface area contributed by atoms with Crippen LogP contribution in [0.5, 0.6) is 0 Å². The van der Waals surface area contributed by atoms with Crippen LogP contribution < -0.4 is 0 Å². The Hall–Kier alpha value is -3.43. The molecule has 0 saturated carbocycles. The summed E-state index contributed by atoms with van der Waals surface area (Å²) in [6.07, 6.45) is -4.30. The van der Waals surface area contributed by atoms with Gasteiger partial charge in [-0.05, 0) is 38.3 Å². The maximum Gasteiger partial charge on any atom is 0.406 e. The molecule has 0 aliphatic carbocycles. The normalized spacial score (nSPS) is 11.6. The molecule has 0 N–H and O–H groups in total. The second-order valence-corrected chi connectivity index (χ2v) is 7.83. The van der Waals surface area contributed by atoms with Crippen molar-refractivity contribution < 1.29 is 27.5 Å². The highest BCUT2D eigenvalue weighted by molar-refractivity contribution is 5.80. The second-order valence-electron chi connectivity index (χ2n) is 7.83. The fraction of sp³-hybridized carbons (Fsp3) is 0.391. The summed E-state index contributed by atoms with van der Waals surface area (Å²) >= 11 is 0. The van der Waals surface area contributed by atoms with Gasteiger partial charge < -0.3 is 9.64 Å². The van der Waals surface area contributed by atoms with Crippen molar-refractivity contribution in [3.05, 3.63) is 64.6 Å². The molecule has 3 aromatic rings. The summed E-state index contributed by atoms with van der Waals surface area (Å²) in [5, 5.41) is 4.38. The van der Waals surface area contributed by atoms with E-state index >= 15 is 0 Å². The van der Waals surface area contributed by atoms with Crippen LogP contribution in [-0.2, 0) is 27.3 Å². The Labute approximate surface area is 189 Å². The number of rotatable bonds is 8. The summed E-state index contributed by atoms with van der Waals surface area (Å²) in [5.74, 6) is -1.59. The first kappa shape index (κ1) is 24.2. The minimum atomic E-state index is -4.57. The number of aromatic nitrogens is 3. The van der Waals surface area contributed by atoms with Gasteiger partial charge in [-0.3, -0.25) is 9.59 Å². The number of fused-ring (bicyclic) bond motifs is 1. The second kappa shape index (κ2) is 10.0. The van der Waals surface area contributed by atoms with Gasteiger partial charge in [0, 0.05) is 30.4 Å². The average molecular weight is 462 g/mol. The molecule has 0 saturated heterocycles. The predicted molar refractivity (Wildman–Crippen MR) is 114 cm³/mol. The van der Waals surface area contributed by atoms with E-state index in [9.17, 15) is 22.8 Å². The van der Waals surface area contributed by atoms with Crippen LogP contribution in [0.2, 0.25) is 0 Å². The Balaban J connectivity index is 1.59. The number of ether oxygens (including phenoxy) is 1. The quantitative estimate of drug-likeness (QED) is 0.477. The molecule has 0 atom stereocenters. The number of benzene rings is 1. The van der Waals surface area contributed by atoms with Crippen molar-refractivity contribution in [3.8, 4) is 0 Å². The minimum absolute atomic E-state index is 0.0413. The molecule has 1 amide bonds. The molecule has 0 unspecified atom stereocenters. The molecule has 176 valence electrons. The molecule has 0 aliphatic rings. The molecule has 3 rings (SSSR count). The van der Waals surface area contributed by atoms with Crippen molar-refractivity contribution in [2.45, 2.75) is 46.3 Å². The predicted octanol–water partition coefficient (Wildman–Crippen LogP) is 3.72. The van der Waals surface area contributed by atoms with Crippen LogP contribution in [-0.4, -0.2) is 50.7 Å². The van der Waals surface area contributed by atoms with Crippen LogP contribution in [0.1, 0.15) is 34.6 Å². The topological polar surface area (TPSA) is 76.8 Å². The van der Waals surface area contributed by atoms with Crippen LogP contribution >= 0.6 is 0 Å². The van der Waals surface area contributed by atoms with E-state index in [-0.39, 0.29) is 13.0 Å². The molecule has 2 heterocycles. The summed E-state index contributed by atoms with van der Waals surface area (Å²) in [7, 11) is 0. The highest BCUT2D eigenvalue weighted by atomic mass is 19.4. The number of esters is 1. The number of carbonyl (C=O) groups excluding carboxylic acids is 2. The first-order valence-corrected chi connectivity index (χ1v) is 10.4. The van der Waals surface area contributed by atoms with Crippen LogP contribution in [0.25, 0.3) is 5.65 Å². The zero-order valence-electron chi connectivity index (χ0n) is 18.6. The third-order valence-corrected chi connectivity index (χ3v) is 5.16. The number of hydrogen-bond donors (Lipinski definition) is 0. The molecule has 2 aromatic heterocycles. The number of amides is 1. The van der Waals surface area contributed by atoms with E-state index in [4.69, 9.17) is 4.74 Å². The molecule has 1 aromatic carbocycles. The van der Waals surface area contributed by atoms with Gasteiger partial charge >= 0.3 is 12.1 Å². The molecule has 0 spiro atoms. The summed E-state index contributed by atoms with van der Waals surface area (Å²) in [6.45, 7) is 3.15. The highest BCUT2D eigenvalue weighted by Gasteiger charge is 2.33. The maximum absolute atomic E-state index is 12.9. The number of carbonyl (C=O) groups is 2. The molecule has 33 heavy (non-hydrogen) atoms. The summed E-state index contributed by atoms with van der Waals surface area (Å²) in [5.41, 5.74) is 4.50. The fourth-order valence-corrected chi connectivity index (χ4v) is 3.59. The van der Waals surface area contributed by atoms with E-state index in [0.717, 1.165) is 22.6 Å². The van der Waals surface area contributed by atoms with Crippen molar-refractivity contribution in [2.75, 3.05) is 13.2 Å². The summed E-state index contributed by atoms with van der Waals surface area (Å²) in [6, 6.07) is 10.2. The number of aryl methyl sites for hydroxylation is 3. The minimum Gasteiger partial charge on any atom is -0.456 e. The van der Waals surface area contributed by atoms with Gasteiger partial charge in [-0.1, -0.05) is 30.3 Å². The first-order chi connectivity index (χ1) is 15.5. The molecule has 0 radical (unpaired) electrons. The molecular formula is C23H25F3N4O3. The van der Waals surface area contributed by atoms with Gasteiger partial charge in [0.2, 0.25) is 0 Å². The van der Waals surface area contributed by atoms with Gasteiger partial charge in [-0.15, -0.1) is 0 Å². The number of hydrogen-bond acceptors (Lipinski definition) is 5. The zero-order chi connectivity index (χ0) is 24.2. The molecule has 10 heteroatoms. The Morgan fingerprint density at radius 1 is 1.12 bits per heavy atom. The molecular weight excluding hydrogens is 437 g/mol. The van der Waals surface area contributed by atoms with E-state index in [1.54, 1.807) is 34.8 Å². The van der Waals surface area contributed by atoms with Crippen LogP contribution in [0, 0.1) is 20.8 Å². The van der Waals surface area contributed by atoms with E-state index < -0.39 is 31.2 Å². The van der Waals surface area contributed by atoms with Crippen LogP contribution in [0.4, 0.5) is 13.2 Å². The van der Waals surface area contributed by atoms with Gasteiger partial charge in [0.15, 0.2) is 12.3 Å². The first-order valence-electron chi connectivity index (χ1n) is 10.4. The summed E-state index contributed by atoms with van der Waals surface area (Å²) < 4.78 is 45.5. The Morgan fingerprint density at radius 3 is 2.48 bits per heavy atom. The lowest BCUT2D eigenvalue weighted by Gasteiger charge is -2.24.